The molecule has 0 saturated heterocycles. The first-order valence-corrected chi connectivity index (χ1v) is 7.76. The van der Waals surface area contributed by atoms with E-state index in [1.54, 1.807) is 0 Å². The van der Waals surface area contributed by atoms with Crippen LogP contribution in [0.15, 0.2) is 24.3 Å². The van der Waals surface area contributed by atoms with Crippen LogP contribution in [0.1, 0.15) is 36.4 Å². The molecule has 0 saturated carbocycles. The Morgan fingerprint density at radius 2 is 1.91 bits per heavy atom. The second-order valence-electron chi connectivity index (χ2n) is 6.27. The van der Waals surface area contributed by atoms with Crippen molar-refractivity contribution in [1.29, 1.82) is 0 Å². The Labute approximate surface area is 132 Å². The number of carbonyl (C=O) groups excluding carboxylic acids is 1. The summed E-state index contributed by atoms with van der Waals surface area (Å²) < 4.78 is 2.01. The number of aromatic nitrogens is 2. The zero-order chi connectivity index (χ0) is 16.3. The smallest absolute Gasteiger partial charge is 0.228 e. The predicted octanol–water partition coefficient (Wildman–Crippen LogP) is 3.65. The number of amides is 1. The van der Waals surface area contributed by atoms with Crippen molar-refractivity contribution in [3.05, 3.63) is 46.8 Å². The summed E-state index contributed by atoms with van der Waals surface area (Å²) >= 11 is 0. The second kappa shape index (κ2) is 6.77. The first-order valence-electron chi connectivity index (χ1n) is 7.76. The minimum Gasteiger partial charge on any atom is -0.326 e. The quantitative estimate of drug-likeness (QED) is 0.916. The highest BCUT2D eigenvalue weighted by Crippen LogP contribution is 2.17. The highest BCUT2D eigenvalue weighted by Gasteiger charge is 2.16. The van der Waals surface area contributed by atoms with Gasteiger partial charge in [0.05, 0.1) is 12.1 Å². The SMILES string of the molecule is Cc1ccccc1NC(=O)Cc1c(C)nn(CC(C)C)c1C. The van der Waals surface area contributed by atoms with Crippen molar-refractivity contribution >= 4 is 11.6 Å². The van der Waals surface area contributed by atoms with Gasteiger partial charge in [-0.05, 0) is 38.3 Å². The second-order valence-corrected chi connectivity index (χ2v) is 6.27. The molecule has 2 rings (SSSR count). The third-order valence-corrected chi connectivity index (χ3v) is 3.83. The van der Waals surface area contributed by atoms with Crippen molar-refractivity contribution in [2.45, 2.75) is 47.6 Å². The van der Waals surface area contributed by atoms with E-state index in [2.05, 4.69) is 24.3 Å². The fourth-order valence-electron chi connectivity index (χ4n) is 2.58. The van der Waals surface area contributed by atoms with E-state index >= 15 is 0 Å². The average molecular weight is 299 g/mol. The van der Waals surface area contributed by atoms with Crippen LogP contribution in [-0.4, -0.2) is 15.7 Å². The lowest BCUT2D eigenvalue weighted by molar-refractivity contribution is -0.115. The third kappa shape index (κ3) is 3.75. The summed E-state index contributed by atoms with van der Waals surface area (Å²) in [6, 6.07) is 7.82. The van der Waals surface area contributed by atoms with Crippen LogP contribution in [-0.2, 0) is 17.8 Å². The molecule has 1 N–H and O–H groups in total. The summed E-state index contributed by atoms with van der Waals surface area (Å²) in [5.74, 6) is 0.538. The maximum Gasteiger partial charge on any atom is 0.228 e. The molecule has 0 aliphatic heterocycles. The summed E-state index contributed by atoms with van der Waals surface area (Å²) in [7, 11) is 0. The van der Waals surface area contributed by atoms with Gasteiger partial charge in [0.15, 0.2) is 0 Å². The number of nitrogens with zero attached hydrogens (tertiary/aromatic N) is 2. The first kappa shape index (κ1) is 16.3. The summed E-state index contributed by atoms with van der Waals surface area (Å²) in [6.45, 7) is 11.2. The van der Waals surface area contributed by atoms with Gasteiger partial charge in [0.1, 0.15) is 0 Å². The fraction of sp³-hybridized carbons (Fsp3) is 0.444. The van der Waals surface area contributed by atoms with Crippen LogP contribution in [0.5, 0.6) is 0 Å². The molecule has 1 heterocycles. The van der Waals surface area contributed by atoms with Crippen molar-refractivity contribution in [2.24, 2.45) is 5.92 Å². The molecule has 2 aromatic rings. The Morgan fingerprint density at radius 3 is 2.55 bits per heavy atom. The summed E-state index contributed by atoms with van der Waals surface area (Å²) in [5, 5.41) is 7.55. The van der Waals surface area contributed by atoms with Crippen molar-refractivity contribution in [2.75, 3.05) is 5.32 Å². The largest absolute Gasteiger partial charge is 0.326 e. The molecule has 0 unspecified atom stereocenters. The number of anilines is 1. The van der Waals surface area contributed by atoms with Gasteiger partial charge in [-0.2, -0.15) is 5.10 Å². The fourth-order valence-corrected chi connectivity index (χ4v) is 2.58. The molecule has 0 fully saturated rings. The minimum absolute atomic E-state index is 0.00426. The van der Waals surface area contributed by atoms with Gasteiger partial charge in [-0.15, -0.1) is 0 Å². The zero-order valence-electron chi connectivity index (χ0n) is 14.1. The van der Waals surface area contributed by atoms with Crippen molar-refractivity contribution in [1.82, 2.24) is 9.78 Å². The lowest BCUT2D eigenvalue weighted by Crippen LogP contribution is -2.16. The topological polar surface area (TPSA) is 46.9 Å². The van der Waals surface area contributed by atoms with Crippen LogP contribution in [0.25, 0.3) is 0 Å². The maximum absolute atomic E-state index is 12.3. The molecule has 0 aliphatic rings. The lowest BCUT2D eigenvalue weighted by atomic mass is 10.1. The molecule has 0 bridgehead atoms. The first-order chi connectivity index (χ1) is 10.4. The number of nitrogens with one attached hydrogen (secondary N) is 1. The summed E-state index contributed by atoms with van der Waals surface area (Å²) in [6.07, 6.45) is 0.365. The Morgan fingerprint density at radius 1 is 1.23 bits per heavy atom. The van der Waals surface area contributed by atoms with E-state index in [1.165, 1.54) is 0 Å². The highest BCUT2D eigenvalue weighted by atomic mass is 16.1. The Hall–Kier alpha value is -2.10. The van der Waals surface area contributed by atoms with Gasteiger partial charge >= 0.3 is 0 Å². The normalized spacial score (nSPS) is 11.0. The molecule has 4 nitrogen and oxygen atoms in total. The molecule has 0 radical (unpaired) electrons. The third-order valence-electron chi connectivity index (χ3n) is 3.83. The molecule has 1 amide bonds. The Bertz CT molecular complexity index is 671. The van der Waals surface area contributed by atoms with Crippen molar-refractivity contribution < 1.29 is 4.79 Å². The molecule has 22 heavy (non-hydrogen) atoms. The highest BCUT2D eigenvalue weighted by molar-refractivity contribution is 5.93. The van der Waals surface area contributed by atoms with Gasteiger partial charge in [-0.3, -0.25) is 9.48 Å². The Kier molecular flexibility index (Phi) is 5.01. The van der Waals surface area contributed by atoms with Crippen molar-refractivity contribution in [3.8, 4) is 0 Å². The summed E-state index contributed by atoms with van der Waals surface area (Å²) in [4.78, 5) is 12.3. The number of hydrogen-bond donors (Lipinski definition) is 1. The van der Waals surface area contributed by atoms with Gasteiger partial charge in [0.25, 0.3) is 0 Å². The molecular formula is C18H25N3O. The number of aryl methyl sites for hydroxylation is 2. The van der Waals surface area contributed by atoms with E-state index in [4.69, 9.17) is 0 Å². The van der Waals surface area contributed by atoms with Gasteiger partial charge in [-0.1, -0.05) is 32.0 Å². The van der Waals surface area contributed by atoms with Gasteiger partial charge in [0, 0.05) is 23.5 Å². The molecule has 0 aliphatic carbocycles. The van der Waals surface area contributed by atoms with Gasteiger partial charge in [0.2, 0.25) is 5.91 Å². The molecule has 1 aromatic heterocycles. The molecule has 118 valence electrons. The molecule has 1 aromatic carbocycles. The maximum atomic E-state index is 12.3. The predicted molar refractivity (Wildman–Crippen MR) is 90.1 cm³/mol. The van der Waals surface area contributed by atoms with E-state index < -0.39 is 0 Å². The van der Waals surface area contributed by atoms with E-state index in [9.17, 15) is 4.79 Å². The number of rotatable bonds is 5. The zero-order valence-corrected chi connectivity index (χ0v) is 14.1. The number of benzene rings is 1. The molecule has 0 spiro atoms. The monoisotopic (exact) mass is 299 g/mol. The number of para-hydroxylation sites is 1. The molecule has 4 heteroatoms. The minimum atomic E-state index is 0.00426. The van der Waals surface area contributed by atoms with Crippen LogP contribution < -0.4 is 5.32 Å². The van der Waals surface area contributed by atoms with Gasteiger partial charge in [-0.25, -0.2) is 0 Å². The lowest BCUT2D eigenvalue weighted by Gasteiger charge is -2.09. The average Bonchev–Trinajstić information content (AvgIpc) is 2.68. The molecule has 0 atom stereocenters. The van der Waals surface area contributed by atoms with Crippen LogP contribution in [0.2, 0.25) is 0 Å². The van der Waals surface area contributed by atoms with Gasteiger partial charge < -0.3 is 5.32 Å². The standard InChI is InChI=1S/C18H25N3O/c1-12(2)11-21-15(5)16(14(4)20-21)10-18(22)19-17-9-7-6-8-13(17)3/h6-9,12H,10-11H2,1-5H3,(H,19,22). The van der Waals surface area contributed by atoms with Crippen LogP contribution in [0.3, 0.4) is 0 Å². The van der Waals surface area contributed by atoms with Crippen LogP contribution in [0, 0.1) is 26.7 Å². The summed E-state index contributed by atoms with van der Waals surface area (Å²) in [5.41, 5.74) is 5.01. The van der Waals surface area contributed by atoms with Crippen molar-refractivity contribution in [3.63, 3.8) is 0 Å². The Balaban J connectivity index is 2.12. The van der Waals surface area contributed by atoms with Crippen LogP contribution >= 0.6 is 0 Å². The van der Waals surface area contributed by atoms with E-state index in [0.717, 1.165) is 34.7 Å². The molecular weight excluding hydrogens is 274 g/mol. The number of carbonyl (C=O) groups is 1. The van der Waals surface area contributed by atoms with E-state index in [0.29, 0.717) is 12.3 Å². The van der Waals surface area contributed by atoms with E-state index in [1.807, 2.05) is 49.7 Å². The van der Waals surface area contributed by atoms with Crippen LogP contribution in [0.4, 0.5) is 5.69 Å². The van der Waals surface area contributed by atoms with E-state index in [-0.39, 0.29) is 5.91 Å². The number of hydrogen-bond acceptors (Lipinski definition) is 2.